The van der Waals surface area contributed by atoms with Crippen LogP contribution in [0.3, 0.4) is 0 Å². The molecule has 0 heterocycles. The Kier molecular flexibility index (Phi) is 4.38. The van der Waals surface area contributed by atoms with Crippen molar-refractivity contribution in [3.8, 4) is 0 Å². The lowest BCUT2D eigenvalue weighted by molar-refractivity contribution is 0.255. The van der Waals surface area contributed by atoms with Crippen LogP contribution in [0.2, 0.25) is 0 Å². The summed E-state index contributed by atoms with van der Waals surface area (Å²) in [5, 5.41) is 18.6. The van der Waals surface area contributed by atoms with Crippen LogP contribution in [0, 0.1) is 5.82 Å². The molecule has 1 saturated carbocycles. The third-order valence-electron chi connectivity index (χ3n) is 3.33. The molecule has 1 aliphatic rings. The monoisotopic (exact) mass is 251 g/mol. The fraction of sp³-hybridized carbons (Fsp3) is 0.538. The van der Waals surface area contributed by atoms with Crippen LogP contribution >= 0.6 is 0 Å². The first-order valence-electron chi connectivity index (χ1n) is 6.50. The zero-order chi connectivity index (χ0) is 13.1. The molecule has 0 radical (unpaired) electrons. The fourth-order valence-electron chi connectivity index (χ4n) is 2.29. The van der Waals surface area contributed by atoms with Gasteiger partial charge in [0, 0.05) is 12.6 Å². The third kappa shape index (κ3) is 3.31. The van der Waals surface area contributed by atoms with E-state index in [1.165, 1.54) is 25.0 Å². The lowest BCUT2D eigenvalue weighted by Crippen LogP contribution is -2.37. The Bertz CT molecular complexity index is 410. The molecule has 18 heavy (non-hydrogen) atoms. The van der Waals surface area contributed by atoms with Crippen LogP contribution in [-0.2, 0) is 6.54 Å². The van der Waals surface area contributed by atoms with E-state index >= 15 is 0 Å². The molecule has 2 rings (SSSR count). The van der Waals surface area contributed by atoms with Gasteiger partial charge in [-0.15, -0.1) is 0 Å². The Labute approximate surface area is 107 Å². The van der Waals surface area contributed by atoms with E-state index < -0.39 is 12.9 Å². The second-order valence-corrected chi connectivity index (χ2v) is 4.92. The highest BCUT2D eigenvalue weighted by molar-refractivity contribution is 6.59. The maximum atomic E-state index is 13.1. The van der Waals surface area contributed by atoms with Crippen LogP contribution in [0.1, 0.15) is 31.7 Å². The van der Waals surface area contributed by atoms with Gasteiger partial charge in [-0.3, -0.25) is 4.90 Å². The Morgan fingerprint density at radius 2 is 2.11 bits per heavy atom. The molecule has 0 unspecified atom stereocenters. The van der Waals surface area contributed by atoms with Gasteiger partial charge >= 0.3 is 7.12 Å². The van der Waals surface area contributed by atoms with Crippen molar-refractivity contribution < 1.29 is 14.4 Å². The van der Waals surface area contributed by atoms with Gasteiger partial charge in [0.25, 0.3) is 0 Å². The second kappa shape index (κ2) is 5.82. The van der Waals surface area contributed by atoms with Crippen molar-refractivity contribution in [2.75, 3.05) is 6.54 Å². The summed E-state index contributed by atoms with van der Waals surface area (Å²) in [6.45, 7) is 3.77. The fourth-order valence-corrected chi connectivity index (χ4v) is 2.29. The van der Waals surface area contributed by atoms with E-state index in [0.29, 0.717) is 12.6 Å². The summed E-state index contributed by atoms with van der Waals surface area (Å²) in [5.74, 6) is -0.435. The predicted octanol–water partition coefficient (Wildman–Crippen LogP) is 0.880. The van der Waals surface area contributed by atoms with E-state index in [1.807, 2.05) is 0 Å². The number of halogens is 1. The number of hydrogen-bond acceptors (Lipinski definition) is 3. The van der Waals surface area contributed by atoms with Crippen molar-refractivity contribution in [1.82, 2.24) is 4.90 Å². The van der Waals surface area contributed by atoms with Gasteiger partial charge in [-0.25, -0.2) is 4.39 Å². The molecule has 98 valence electrons. The summed E-state index contributed by atoms with van der Waals surface area (Å²) in [7, 11) is -1.61. The van der Waals surface area contributed by atoms with Gasteiger partial charge in [-0.1, -0.05) is 13.0 Å². The van der Waals surface area contributed by atoms with Crippen molar-refractivity contribution in [1.29, 1.82) is 0 Å². The van der Waals surface area contributed by atoms with E-state index in [1.54, 1.807) is 6.07 Å². The smallest absolute Gasteiger partial charge is 0.423 e. The first-order valence-corrected chi connectivity index (χ1v) is 6.50. The Hall–Kier alpha value is -0.905. The van der Waals surface area contributed by atoms with E-state index in [9.17, 15) is 14.4 Å². The minimum absolute atomic E-state index is 0.275. The van der Waals surface area contributed by atoms with Crippen molar-refractivity contribution in [3.05, 3.63) is 29.6 Å². The molecule has 0 atom stereocenters. The molecule has 1 aromatic carbocycles. The molecule has 0 amide bonds. The second-order valence-electron chi connectivity index (χ2n) is 4.92. The third-order valence-corrected chi connectivity index (χ3v) is 3.33. The van der Waals surface area contributed by atoms with Gasteiger partial charge in [-0.2, -0.15) is 0 Å². The van der Waals surface area contributed by atoms with Gasteiger partial charge < -0.3 is 10.0 Å². The molecular weight excluding hydrogens is 232 g/mol. The molecule has 0 spiro atoms. The summed E-state index contributed by atoms with van der Waals surface area (Å²) >= 11 is 0. The number of rotatable bonds is 6. The first kappa shape index (κ1) is 13.5. The average molecular weight is 251 g/mol. The molecule has 5 heteroatoms. The highest BCUT2D eigenvalue weighted by atomic mass is 19.1. The van der Waals surface area contributed by atoms with Crippen LogP contribution in [0.4, 0.5) is 4.39 Å². The molecular formula is C13H19BFNO2. The Balaban J connectivity index is 2.16. The summed E-state index contributed by atoms with van der Waals surface area (Å²) in [5.41, 5.74) is 1.07. The molecule has 1 aliphatic carbocycles. The number of benzene rings is 1. The minimum Gasteiger partial charge on any atom is -0.423 e. The molecule has 3 nitrogen and oxygen atoms in total. The van der Waals surface area contributed by atoms with Crippen LogP contribution in [0.15, 0.2) is 18.2 Å². The average Bonchev–Trinajstić information content (AvgIpc) is 3.14. The maximum absolute atomic E-state index is 13.1. The van der Waals surface area contributed by atoms with Crippen LogP contribution in [0.25, 0.3) is 0 Å². The van der Waals surface area contributed by atoms with Crippen LogP contribution < -0.4 is 5.46 Å². The van der Waals surface area contributed by atoms with Crippen molar-refractivity contribution in [3.63, 3.8) is 0 Å². The molecule has 0 aromatic heterocycles. The number of hydrogen-bond donors (Lipinski definition) is 2. The zero-order valence-corrected chi connectivity index (χ0v) is 10.6. The van der Waals surface area contributed by atoms with E-state index in [4.69, 9.17) is 0 Å². The molecule has 1 aromatic rings. The minimum atomic E-state index is -1.61. The normalized spacial score (nSPS) is 15.2. The van der Waals surface area contributed by atoms with Gasteiger partial charge in [0.05, 0.1) is 0 Å². The number of nitrogens with zero attached hydrogens (tertiary/aromatic N) is 1. The zero-order valence-electron chi connectivity index (χ0n) is 10.6. The SMILES string of the molecule is CCCN(Cc1ccc(F)cc1B(O)O)C1CC1. The summed E-state index contributed by atoms with van der Waals surface area (Å²) < 4.78 is 13.1. The quantitative estimate of drug-likeness (QED) is 0.737. The van der Waals surface area contributed by atoms with Crippen LogP contribution in [0.5, 0.6) is 0 Å². The van der Waals surface area contributed by atoms with Gasteiger partial charge in [-0.05, 0) is 49.0 Å². The van der Waals surface area contributed by atoms with Crippen molar-refractivity contribution in [2.45, 2.75) is 38.8 Å². The lowest BCUT2D eigenvalue weighted by Gasteiger charge is -2.22. The lowest BCUT2D eigenvalue weighted by atomic mass is 9.77. The molecule has 2 N–H and O–H groups in total. The van der Waals surface area contributed by atoms with Crippen molar-refractivity contribution in [2.24, 2.45) is 0 Å². The highest BCUT2D eigenvalue weighted by Crippen LogP contribution is 2.28. The van der Waals surface area contributed by atoms with Gasteiger partial charge in [0.2, 0.25) is 0 Å². The van der Waals surface area contributed by atoms with Crippen LogP contribution in [-0.4, -0.2) is 34.7 Å². The molecule has 0 aliphatic heterocycles. The van der Waals surface area contributed by atoms with E-state index in [0.717, 1.165) is 18.5 Å². The topological polar surface area (TPSA) is 43.7 Å². The van der Waals surface area contributed by atoms with E-state index in [-0.39, 0.29) is 5.46 Å². The van der Waals surface area contributed by atoms with Gasteiger partial charge in [0.1, 0.15) is 5.82 Å². The van der Waals surface area contributed by atoms with Crippen molar-refractivity contribution >= 4 is 12.6 Å². The standard InChI is InChI=1S/C13H19BFNO2/c1-2-7-16(12-5-6-12)9-10-3-4-11(15)8-13(10)14(17)18/h3-4,8,12,17-18H,2,5-7,9H2,1H3. The highest BCUT2D eigenvalue weighted by Gasteiger charge is 2.29. The summed E-state index contributed by atoms with van der Waals surface area (Å²) in [6.07, 6.45) is 3.48. The van der Waals surface area contributed by atoms with E-state index in [2.05, 4.69) is 11.8 Å². The Morgan fingerprint density at radius 1 is 1.39 bits per heavy atom. The first-order chi connectivity index (χ1) is 8.61. The largest absolute Gasteiger partial charge is 0.488 e. The molecule has 1 fully saturated rings. The summed E-state index contributed by atoms with van der Waals surface area (Å²) in [4.78, 5) is 2.33. The molecule has 0 saturated heterocycles. The summed E-state index contributed by atoms with van der Waals surface area (Å²) in [6, 6.07) is 4.84. The maximum Gasteiger partial charge on any atom is 0.488 e. The molecule has 0 bridgehead atoms. The Morgan fingerprint density at radius 3 is 2.67 bits per heavy atom. The predicted molar refractivity (Wildman–Crippen MR) is 69.9 cm³/mol. The van der Waals surface area contributed by atoms with Gasteiger partial charge in [0.15, 0.2) is 0 Å².